The molecule has 2 heterocycles. The molecule has 1 unspecified atom stereocenters. The predicted molar refractivity (Wildman–Crippen MR) is 100 cm³/mol. The molecule has 0 fully saturated rings. The summed E-state index contributed by atoms with van der Waals surface area (Å²) in [6.07, 6.45) is 3.03. The number of para-hydroxylation sites is 1. The fraction of sp³-hybridized carbons (Fsp3) is 0.238. The monoisotopic (exact) mass is 331 g/mol. The van der Waals surface area contributed by atoms with Gasteiger partial charge in [0.1, 0.15) is 0 Å². The quantitative estimate of drug-likeness (QED) is 0.781. The van der Waals surface area contributed by atoms with Crippen molar-refractivity contribution >= 4 is 11.6 Å². The molecule has 1 N–H and O–H groups in total. The average Bonchev–Trinajstić information content (AvgIpc) is 2.63. The summed E-state index contributed by atoms with van der Waals surface area (Å²) in [6.45, 7) is 2.05. The fourth-order valence-electron chi connectivity index (χ4n) is 3.60. The van der Waals surface area contributed by atoms with E-state index in [-0.39, 0.29) is 11.6 Å². The van der Waals surface area contributed by atoms with Crippen molar-refractivity contribution in [2.45, 2.75) is 32.2 Å². The van der Waals surface area contributed by atoms with Crippen LogP contribution in [0.4, 0.5) is 11.6 Å². The van der Waals surface area contributed by atoms with E-state index < -0.39 is 0 Å². The molecule has 0 aliphatic carbocycles. The number of aryl methyl sites for hydroxylation is 2. The van der Waals surface area contributed by atoms with Crippen LogP contribution in [0.25, 0.3) is 0 Å². The van der Waals surface area contributed by atoms with Gasteiger partial charge in [0.05, 0.1) is 6.04 Å². The first kappa shape index (κ1) is 15.6. The van der Waals surface area contributed by atoms with Gasteiger partial charge in [-0.05, 0) is 43.4 Å². The molecule has 0 bridgehead atoms. The summed E-state index contributed by atoms with van der Waals surface area (Å²) in [7, 11) is 0. The van der Waals surface area contributed by atoms with E-state index in [1.165, 1.54) is 5.56 Å². The van der Waals surface area contributed by atoms with Crippen molar-refractivity contribution in [3.63, 3.8) is 0 Å². The van der Waals surface area contributed by atoms with Gasteiger partial charge in [0.15, 0.2) is 0 Å². The molecule has 0 radical (unpaired) electrons. The molecular weight excluding hydrogens is 310 g/mol. The molecule has 4 nitrogen and oxygen atoms in total. The molecule has 0 saturated heterocycles. The minimum atomic E-state index is -0.184. The van der Waals surface area contributed by atoms with Gasteiger partial charge in [0.2, 0.25) is 5.95 Å². The lowest BCUT2D eigenvalue weighted by Crippen LogP contribution is -2.27. The summed E-state index contributed by atoms with van der Waals surface area (Å²) in [4.78, 5) is 16.4. The van der Waals surface area contributed by atoms with E-state index in [9.17, 15) is 4.79 Å². The normalized spacial score (nSPS) is 16.3. The van der Waals surface area contributed by atoms with E-state index in [1.807, 2.05) is 24.3 Å². The smallest absolute Gasteiger partial charge is 0.274 e. The number of fused-ring (bicyclic) bond motifs is 1. The van der Waals surface area contributed by atoms with Gasteiger partial charge in [-0.1, -0.05) is 48.5 Å². The zero-order valence-electron chi connectivity index (χ0n) is 14.3. The van der Waals surface area contributed by atoms with Gasteiger partial charge in [-0.25, -0.2) is 0 Å². The van der Waals surface area contributed by atoms with E-state index in [0.717, 1.165) is 36.2 Å². The van der Waals surface area contributed by atoms with Crippen LogP contribution in [-0.2, 0) is 6.42 Å². The molecule has 1 atom stereocenters. The van der Waals surface area contributed by atoms with Crippen LogP contribution in [0, 0.1) is 6.92 Å². The molecule has 0 saturated carbocycles. The van der Waals surface area contributed by atoms with E-state index in [2.05, 4.69) is 52.1 Å². The van der Waals surface area contributed by atoms with Crippen molar-refractivity contribution in [3.8, 4) is 0 Å². The van der Waals surface area contributed by atoms with Crippen LogP contribution in [0.2, 0.25) is 0 Å². The minimum absolute atomic E-state index is 0.184. The maximum absolute atomic E-state index is 12.1. The fourth-order valence-corrected chi connectivity index (χ4v) is 3.60. The standard InChI is InChI=1S/C21H21N3O/c1-15-8-5-6-12-18(15)22-21-23-20(25)14-17-11-7-13-19(24(17)21)16-9-3-2-4-10-16/h2-6,8-10,12,14,19H,7,11,13H2,1H3,(H,22,23,25). The zero-order chi connectivity index (χ0) is 17.2. The number of hydrogen-bond acceptors (Lipinski definition) is 3. The Labute approximate surface area is 147 Å². The summed E-state index contributed by atoms with van der Waals surface area (Å²) in [6, 6.07) is 20.4. The Kier molecular flexibility index (Phi) is 4.10. The number of anilines is 2. The first-order valence-corrected chi connectivity index (χ1v) is 8.72. The molecule has 3 aromatic rings. The van der Waals surface area contributed by atoms with E-state index in [0.29, 0.717) is 5.95 Å². The molecule has 2 aromatic carbocycles. The topological polar surface area (TPSA) is 46.9 Å². The van der Waals surface area contributed by atoms with Gasteiger partial charge in [-0.3, -0.25) is 4.79 Å². The van der Waals surface area contributed by atoms with Crippen LogP contribution in [-0.4, -0.2) is 9.55 Å². The molecule has 1 aliphatic heterocycles. The molecule has 1 aliphatic rings. The number of aromatic nitrogens is 2. The number of benzene rings is 2. The molecule has 126 valence electrons. The molecule has 4 rings (SSSR count). The van der Waals surface area contributed by atoms with Crippen LogP contribution in [0.1, 0.15) is 35.7 Å². The molecule has 0 spiro atoms. The lowest BCUT2D eigenvalue weighted by molar-refractivity contribution is 0.451. The maximum atomic E-state index is 12.1. The Morgan fingerprint density at radius 2 is 1.84 bits per heavy atom. The first-order valence-electron chi connectivity index (χ1n) is 8.72. The van der Waals surface area contributed by atoms with Crippen LogP contribution in [0.15, 0.2) is 65.5 Å². The van der Waals surface area contributed by atoms with Crippen molar-refractivity contribution in [3.05, 3.63) is 87.8 Å². The Morgan fingerprint density at radius 1 is 1.08 bits per heavy atom. The summed E-state index contributed by atoms with van der Waals surface area (Å²) >= 11 is 0. The molecule has 0 amide bonds. The number of hydrogen-bond donors (Lipinski definition) is 1. The largest absolute Gasteiger partial charge is 0.325 e. The second-order valence-corrected chi connectivity index (χ2v) is 6.54. The van der Waals surface area contributed by atoms with Crippen molar-refractivity contribution in [2.24, 2.45) is 0 Å². The highest BCUT2D eigenvalue weighted by Crippen LogP contribution is 2.33. The zero-order valence-corrected chi connectivity index (χ0v) is 14.3. The lowest BCUT2D eigenvalue weighted by Gasteiger charge is -2.31. The van der Waals surface area contributed by atoms with Crippen LogP contribution in [0.3, 0.4) is 0 Å². The van der Waals surface area contributed by atoms with E-state index in [1.54, 1.807) is 6.07 Å². The summed E-state index contributed by atoms with van der Waals surface area (Å²) in [5.41, 5.74) is 4.23. The van der Waals surface area contributed by atoms with Gasteiger partial charge >= 0.3 is 0 Å². The third-order valence-electron chi connectivity index (χ3n) is 4.84. The summed E-state index contributed by atoms with van der Waals surface area (Å²) < 4.78 is 2.20. The van der Waals surface area contributed by atoms with Crippen molar-refractivity contribution in [1.82, 2.24) is 9.55 Å². The van der Waals surface area contributed by atoms with Crippen LogP contribution in [0.5, 0.6) is 0 Å². The SMILES string of the molecule is Cc1ccccc1Nc1nc(=O)cc2n1C(c1ccccc1)CCC2. The highest BCUT2D eigenvalue weighted by atomic mass is 16.1. The Balaban J connectivity index is 1.84. The van der Waals surface area contributed by atoms with Gasteiger partial charge in [-0.2, -0.15) is 4.98 Å². The minimum Gasteiger partial charge on any atom is -0.325 e. The van der Waals surface area contributed by atoms with Gasteiger partial charge in [-0.15, -0.1) is 0 Å². The first-order chi connectivity index (χ1) is 12.2. The molecule has 1 aromatic heterocycles. The summed E-state index contributed by atoms with van der Waals surface area (Å²) in [5.74, 6) is 0.630. The Bertz CT molecular complexity index is 947. The average molecular weight is 331 g/mol. The van der Waals surface area contributed by atoms with Crippen LogP contribution >= 0.6 is 0 Å². The number of nitrogens with one attached hydrogen (secondary N) is 1. The number of rotatable bonds is 3. The molecule has 25 heavy (non-hydrogen) atoms. The predicted octanol–water partition coefficient (Wildman–Crippen LogP) is 4.22. The van der Waals surface area contributed by atoms with E-state index in [4.69, 9.17) is 0 Å². The second-order valence-electron chi connectivity index (χ2n) is 6.54. The van der Waals surface area contributed by atoms with Gasteiger partial charge < -0.3 is 9.88 Å². The van der Waals surface area contributed by atoms with Crippen molar-refractivity contribution in [1.29, 1.82) is 0 Å². The number of nitrogens with zero attached hydrogens (tertiary/aromatic N) is 2. The van der Waals surface area contributed by atoms with Crippen molar-refractivity contribution < 1.29 is 0 Å². The molecular formula is C21H21N3O. The third-order valence-corrected chi connectivity index (χ3v) is 4.84. The van der Waals surface area contributed by atoms with Crippen LogP contribution < -0.4 is 10.9 Å². The van der Waals surface area contributed by atoms with E-state index >= 15 is 0 Å². The highest BCUT2D eigenvalue weighted by Gasteiger charge is 2.24. The summed E-state index contributed by atoms with van der Waals surface area (Å²) in [5, 5.41) is 3.39. The third kappa shape index (κ3) is 3.07. The molecule has 4 heteroatoms. The lowest BCUT2D eigenvalue weighted by atomic mass is 9.95. The van der Waals surface area contributed by atoms with Gasteiger partial charge in [0.25, 0.3) is 5.56 Å². The Hall–Kier alpha value is -2.88. The Morgan fingerprint density at radius 3 is 2.64 bits per heavy atom. The van der Waals surface area contributed by atoms with Crippen molar-refractivity contribution in [2.75, 3.05) is 5.32 Å². The highest BCUT2D eigenvalue weighted by molar-refractivity contribution is 5.58. The maximum Gasteiger partial charge on any atom is 0.274 e. The van der Waals surface area contributed by atoms with Gasteiger partial charge in [0, 0.05) is 17.4 Å². The second kappa shape index (κ2) is 6.55.